The molecule has 6 nitrogen and oxygen atoms in total. The van der Waals surface area contributed by atoms with Gasteiger partial charge in [-0.15, -0.1) is 0 Å². The maximum Gasteiger partial charge on any atom is 0.410 e. The van der Waals surface area contributed by atoms with Gasteiger partial charge in [0.1, 0.15) is 12.3 Å². The van der Waals surface area contributed by atoms with E-state index < -0.39 is 12.1 Å². The molecule has 5 rings (SSSR count). The molecule has 1 N–H and O–H groups in total. The average Bonchev–Trinajstić information content (AvgIpc) is 3.31. The monoisotopic (exact) mass is 386 g/mol. The molecule has 0 spiro atoms. The summed E-state index contributed by atoms with van der Waals surface area (Å²) in [6.45, 7) is 0.964. The highest BCUT2D eigenvalue weighted by molar-refractivity contribution is 5.85. The number of aromatic carboxylic acids is 1. The zero-order valence-electron chi connectivity index (χ0n) is 15.5. The molecule has 0 atom stereocenters. The molecular weight excluding hydrogens is 368 g/mol. The number of carboxylic acid groups (broad SMARTS) is 1. The highest BCUT2D eigenvalue weighted by atomic mass is 16.6. The number of fused-ring (bicyclic) bond motifs is 4. The number of ether oxygens (including phenoxy) is 1. The Morgan fingerprint density at radius 1 is 1.00 bits per heavy atom. The third-order valence-electron chi connectivity index (χ3n) is 5.62. The summed E-state index contributed by atoms with van der Waals surface area (Å²) in [5.41, 5.74) is 6.34. The molecule has 2 aliphatic rings. The second kappa shape index (κ2) is 6.74. The number of rotatable bonds is 3. The van der Waals surface area contributed by atoms with Gasteiger partial charge < -0.3 is 9.84 Å². The van der Waals surface area contributed by atoms with Crippen LogP contribution < -0.4 is 0 Å². The van der Waals surface area contributed by atoms with Crippen LogP contribution in [0, 0.1) is 0 Å². The number of carbonyl (C=O) groups excluding carboxylic acids is 1. The van der Waals surface area contributed by atoms with Gasteiger partial charge in [0.2, 0.25) is 0 Å². The number of amides is 1. The van der Waals surface area contributed by atoms with Crippen LogP contribution in [0.3, 0.4) is 0 Å². The van der Waals surface area contributed by atoms with E-state index in [1.54, 1.807) is 4.90 Å². The van der Waals surface area contributed by atoms with Crippen LogP contribution in [-0.4, -0.2) is 33.7 Å². The van der Waals surface area contributed by atoms with Gasteiger partial charge >= 0.3 is 12.1 Å². The lowest BCUT2D eigenvalue weighted by Gasteiger charge is -2.19. The van der Waals surface area contributed by atoms with Gasteiger partial charge in [0.05, 0.1) is 6.54 Å². The van der Waals surface area contributed by atoms with E-state index in [0.29, 0.717) is 13.1 Å². The molecule has 2 heterocycles. The van der Waals surface area contributed by atoms with Gasteiger partial charge in [-0.05, 0) is 39.4 Å². The molecule has 0 fully saturated rings. The first-order valence-electron chi connectivity index (χ1n) is 9.43. The molecule has 1 aromatic heterocycles. The van der Waals surface area contributed by atoms with Crippen LogP contribution in [-0.2, 0) is 17.8 Å². The predicted molar refractivity (Wildman–Crippen MR) is 106 cm³/mol. The SMILES string of the molecule is O=C(O)c1cc2c(cn1)CN(C(=O)OCC1c3ccccc3-c3ccccc31)C2. The van der Waals surface area contributed by atoms with Crippen molar-refractivity contribution in [1.29, 1.82) is 0 Å². The molecule has 6 heteroatoms. The first-order valence-corrected chi connectivity index (χ1v) is 9.43. The number of carbonyl (C=O) groups is 2. The summed E-state index contributed by atoms with van der Waals surface area (Å²) in [6.07, 6.45) is 1.12. The quantitative estimate of drug-likeness (QED) is 0.735. The fourth-order valence-electron chi connectivity index (χ4n) is 4.21. The second-order valence-corrected chi connectivity index (χ2v) is 7.30. The molecule has 1 aliphatic carbocycles. The van der Waals surface area contributed by atoms with E-state index in [1.165, 1.54) is 34.5 Å². The fourth-order valence-corrected chi connectivity index (χ4v) is 4.21. The molecule has 0 unspecified atom stereocenters. The molecule has 0 bridgehead atoms. The molecular formula is C23H18N2O4. The average molecular weight is 386 g/mol. The summed E-state index contributed by atoms with van der Waals surface area (Å²) in [5.74, 6) is -1.07. The van der Waals surface area contributed by atoms with Crippen molar-refractivity contribution >= 4 is 12.1 Å². The summed E-state index contributed by atoms with van der Waals surface area (Å²) in [4.78, 5) is 29.3. The van der Waals surface area contributed by atoms with E-state index in [1.807, 2.05) is 24.3 Å². The van der Waals surface area contributed by atoms with Gasteiger partial charge in [-0.2, -0.15) is 0 Å². The Hall–Kier alpha value is -3.67. The molecule has 0 saturated carbocycles. The number of aromatic nitrogens is 1. The summed E-state index contributed by atoms with van der Waals surface area (Å²) in [5, 5.41) is 9.09. The van der Waals surface area contributed by atoms with Crippen LogP contribution in [0.2, 0.25) is 0 Å². The zero-order chi connectivity index (χ0) is 20.0. The fraction of sp³-hybridized carbons (Fsp3) is 0.174. The van der Waals surface area contributed by atoms with Crippen LogP contribution in [0.4, 0.5) is 4.79 Å². The van der Waals surface area contributed by atoms with Crippen LogP contribution >= 0.6 is 0 Å². The Morgan fingerprint density at radius 3 is 2.28 bits per heavy atom. The second-order valence-electron chi connectivity index (χ2n) is 7.30. The minimum Gasteiger partial charge on any atom is -0.477 e. The van der Waals surface area contributed by atoms with Gasteiger partial charge in [-0.25, -0.2) is 14.6 Å². The van der Waals surface area contributed by atoms with Gasteiger partial charge in [-0.1, -0.05) is 48.5 Å². The van der Waals surface area contributed by atoms with Gasteiger partial charge in [0.25, 0.3) is 0 Å². The van der Waals surface area contributed by atoms with Crippen molar-refractivity contribution in [1.82, 2.24) is 9.88 Å². The lowest BCUT2D eigenvalue weighted by molar-refractivity contribution is 0.0690. The van der Waals surface area contributed by atoms with E-state index in [-0.39, 0.29) is 18.2 Å². The van der Waals surface area contributed by atoms with E-state index >= 15 is 0 Å². The minimum absolute atomic E-state index is 0.0107. The lowest BCUT2D eigenvalue weighted by atomic mass is 9.98. The zero-order valence-corrected chi connectivity index (χ0v) is 15.5. The number of carboxylic acids is 1. The van der Waals surface area contributed by atoms with E-state index in [4.69, 9.17) is 9.84 Å². The summed E-state index contributed by atoms with van der Waals surface area (Å²) < 4.78 is 5.68. The Bertz CT molecular complexity index is 1100. The highest BCUT2D eigenvalue weighted by Crippen LogP contribution is 2.44. The predicted octanol–water partition coefficient (Wildman–Crippen LogP) is 4.04. The Kier molecular flexibility index (Phi) is 4.05. The largest absolute Gasteiger partial charge is 0.477 e. The number of benzene rings is 2. The van der Waals surface area contributed by atoms with Crippen LogP contribution in [0.1, 0.15) is 38.7 Å². The Balaban J connectivity index is 1.31. The summed E-state index contributed by atoms with van der Waals surface area (Å²) in [7, 11) is 0. The van der Waals surface area contributed by atoms with Crippen molar-refractivity contribution in [3.05, 3.63) is 88.7 Å². The van der Waals surface area contributed by atoms with E-state index in [2.05, 4.69) is 29.2 Å². The van der Waals surface area contributed by atoms with Crippen molar-refractivity contribution in [3.8, 4) is 11.1 Å². The number of hydrogen-bond acceptors (Lipinski definition) is 4. The van der Waals surface area contributed by atoms with Gasteiger partial charge in [-0.3, -0.25) is 4.90 Å². The molecule has 0 saturated heterocycles. The van der Waals surface area contributed by atoms with E-state index in [9.17, 15) is 9.59 Å². The number of pyridine rings is 1. The van der Waals surface area contributed by atoms with E-state index in [0.717, 1.165) is 11.1 Å². The standard InChI is InChI=1S/C23H18N2O4/c26-22(27)21-9-14-11-25(12-15(14)10-24-21)23(28)29-13-20-18-7-3-1-5-16(18)17-6-2-4-8-19(17)20/h1-10,20H,11-13H2,(H,26,27). The van der Waals surface area contributed by atoms with Crippen molar-refractivity contribution in [2.45, 2.75) is 19.0 Å². The van der Waals surface area contributed by atoms with Crippen LogP contribution in [0.25, 0.3) is 11.1 Å². The molecule has 0 radical (unpaired) electrons. The smallest absolute Gasteiger partial charge is 0.410 e. The first-order chi connectivity index (χ1) is 14.1. The maximum absolute atomic E-state index is 12.7. The number of nitrogens with zero attached hydrogens (tertiary/aromatic N) is 2. The minimum atomic E-state index is -1.08. The van der Waals surface area contributed by atoms with Crippen LogP contribution in [0.15, 0.2) is 60.8 Å². The van der Waals surface area contributed by atoms with Crippen LogP contribution in [0.5, 0.6) is 0 Å². The third-order valence-corrected chi connectivity index (χ3v) is 5.62. The normalized spacial score (nSPS) is 14.3. The lowest BCUT2D eigenvalue weighted by Crippen LogP contribution is -2.27. The molecule has 144 valence electrons. The van der Waals surface area contributed by atoms with Gasteiger partial charge in [0.15, 0.2) is 0 Å². The topological polar surface area (TPSA) is 79.7 Å². The molecule has 2 aromatic carbocycles. The first kappa shape index (κ1) is 17.4. The highest BCUT2D eigenvalue weighted by Gasteiger charge is 2.31. The van der Waals surface area contributed by atoms with Crippen molar-refractivity contribution in [2.24, 2.45) is 0 Å². The Morgan fingerprint density at radius 2 is 1.62 bits per heavy atom. The molecule has 1 amide bonds. The van der Waals surface area contributed by atoms with Gasteiger partial charge in [0, 0.05) is 18.7 Å². The maximum atomic E-state index is 12.7. The molecule has 3 aromatic rings. The Labute approximate surface area is 167 Å². The number of hydrogen-bond donors (Lipinski definition) is 1. The summed E-state index contributed by atoms with van der Waals surface area (Å²) in [6, 6.07) is 17.9. The van der Waals surface area contributed by atoms with Crippen molar-refractivity contribution < 1.29 is 19.4 Å². The molecule has 29 heavy (non-hydrogen) atoms. The third kappa shape index (κ3) is 2.93. The molecule has 1 aliphatic heterocycles. The van der Waals surface area contributed by atoms with Crippen molar-refractivity contribution in [3.63, 3.8) is 0 Å². The summed E-state index contributed by atoms with van der Waals surface area (Å²) >= 11 is 0. The van der Waals surface area contributed by atoms with Crippen molar-refractivity contribution in [2.75, 3.05) is 6.61 Å².